The van der Waals surface area contributed by atoms with Gasteiger partial charge in [0, 0.05) is 28.3 Å². The first-order valence-electron chi connectivity index (χ1n) is 10.9. The van der Waals surface area contributed by atoms with E-state index in [-0.39, 0.29) is 10.6 Å². The zero-order valence-corrected chi connectivity index (χ0v) is 21.6. The van der Waals surface area contributed by atoms with Crippen molar-refractivity contribution in [3.05, 3.63) is 77.6 Å². The van der Waals surface area contributed by atoms with Crippen LogP contribution in [0.3, 0.4) is 0 Å². The van der Waals surface area contributed by atoms with Gasteiger partial charge < -0.3 is 16.0 Å². The van der Waals surface area contributed by atoms with Gasteiger partial charge in [-0.1, -0.05) is 35.9 Å². The van der Waals surface area contributed by atoms with E-state index in [2.05, 4.69) is 16.0 Å². The Hall–Kier alpha value is -3.08. The first kappa shape index (κ1) is 26.0. The van der Waals surface area contributed by atoms with E-state index in [0.29, 0.717) is 39.8 Å². The number of anilines is 2. The number of hydrogen-bond donors (Lipinski definition) is 3. The summed E-state index contributed by atoms with van der Waals surface area (Å²) in [5.41, 5.74) is -0.0696. The summed E-state index contributed by atoms with van der Waals surface area (Å²) < 4.78 is 39.3. The molecule has 4 rings (SSSR count). The maximum Gasteiger partial charge on any atom is 0.320 e. The third-order valence-corrected chi connectivity index (χ3v) is 8.32. The summed E-state index contributed by atoms with van der Waals surface area (Å²) in [7, 11) is -3.53. The largest absolute Gasteiger partial charge is 0.322 e. The van der Waals surface area contributed by atoms with Crippen LogP contribution in [-0.4, -0.2) is 43.7 Å². The Balaban J connectivity index is 1.52. The van der Waals surface area contributed by atoms with Crippen LogP contribution >= 0.6 is 23.4 Å². The van der Waals surface area contributed by atoms with Crippen LogP contribution in [0.25, 0.3) is 11.1 Å². The molecule has 0 spiro atoms. The molecule has 36 heavy (non-hydrogen) atoms. The normalized spacial score (nSPS) is 17.4. The molecule has 1 fully saturated rings. The van der Waals surface area contributed by atoms with Gasteiger partial charge in [-0.3, -0.25) is 4.79 Å². The van der Waals surface area contributed by atoms with Gasteiger partial charge in [-0.25, -0.2) is 17.6 Å². The summed E-state index contributed by atoms with van der Waals surface area (Å²) >= 11 is 7.38. The van der Waals surface area contributed by atoms with Crippen molar-refractivity contribution in [3.8, 4) is 11.1 Å². The van der Waals surface area contributed by atoms with Crippen molar-refractivity contribution in [2.45, 2.75) is 16.9 Å². The van der Waals surface area contributed by atoms with E-state index in [0.717, 1.165) is 6.26 Å². The predicted molar refractivity (Wildman–Crippen MR) is 142 cm³/mol. The second-order valence-corrected chi connectivity index (χ2v) is 11.9. The van der Waals surface area contributed by atoms with Gasteiger partial charge in [0.1, 0.15) is 11.4 Å². The Morgan fingerprint density at radius 3 is 2.39 bits per heavy atom. The molecule has 3 N–H and O–H groups in total. The highest BCUT2D eigenvalue weighted by molar-refractivity contribution is 7.99. The summed E-state index contributed by atoms with van der Waals surface area (Å²) in [6, 6.07) is 16.4. The maximum absolute atomic E-state index is 15.0. The summed E-state index contributed by atoms with van der Waals surface area (Å²) in [5, 5.41) is 8.54. The minimum Gasteiger partial charge on any atom is -0.322 e. The van der Waals surface area contributed by atoms with Gasteiger partial charge in [0.15, 0.2) is 9.84 Å². The highest BCUT2D eigenvalue weighted by atomic mass is 35.5. The van der Waals surface area contributed by atoms with Gasteiger partial charge in [-0.15, -0.1) is 0 Å². The zero-order valence-electron chi connectivity index (χ0n) is 19.2. The third-order valence-electron chi connectivity index (χ3n) is 5.73. The summed E-state index contributed by atoms with van der Waals surface area (Å²) in [6.45, 7) is 0. The van der Waals surface area contributed by atoms with Crippen molar-refractivity contribution in [2.75, 3.05) is 28.4 Å². The fourth-order valence-electron chi connectivity index (χ4n) is 3.87. The molecule has 7 nitrogen and oxygen atoms in total. The average molecular weight is 548 g/mol. The number of amides is 3. The second-order valence-electron chi connectivity index (χ2n) is 8.39. The molecule has 0 bridgehead atoms. The van der Waals surface area contributed by atoms with Gasteiger partial charge in [0.2, 0.25) is 0 Å². The molecule has 1 aliphatic rings. The number of hydrogen-bond acceptors (Lipinski definition) is 5. The number of nitrogens with one attached hydrogen (secondary N) is 3. The van der Waals surface area contributed by atoms with E-state index < -0.39 is 33.1 Å². The molecule has 1 aliphatic heterocycles. The maximum atomic E-state index is 15.0. The number of carbonyl (C=O) groups is 2. The molecule has 3 aromatic carbocycles. The molecule has 1 heterocycles. The molecule has 0 aromatic heterocycles. The van der Waals surface area contributed by atoms with Crippen LogP contribution < -0.4 is 16.0 Å². The lowest BCUT2D eigenvalue weighted by atomic mass is 9.97. The molecule has 188 valence electrons. The fraction of sp³-hybridized carbons (Fsp3) is 0.200. The molecule has 0 aliphatic carbocycles. The number of urea groups is 1. The molecule has 11 heteroatoms. The average Bonchev–Trinajstić information content (AvgIpc) is 3.31. The number of rotatable bonds is 6. The van der Waals surface area contributed by atoms with Crippen molar-refractivity contribution in [1.82, 2.24) is 5.32 Å². The third kappa shape index (κ3) is 5.83. The molecule has 1 atom stereocenters. The molecular weight excluding hydrogens is 525 g/mol. The smallest absolute Gasteiger partial charge is 0.320 e. The van der Waals surface area contributed by atoms with E-state index in [4.69, 9.17) is 11.6 Å². The van der Waals surface area contributed by atoms with E-state index in [1.807, 2.05) is 0 Å². The Morgan fingerprint density at radius 2 is 1.75 bits per heavy atom. The van der Waals surface area contributed by atoms with Crippen LogP contribution in [0.1, 0.15) is 6.42 Å². The molecule has 1 unspecified atom stereocenters. The Labute approximate surface area is 217 Å². The zero-order chi connectivity index (χ0) is 25.9. The fourth-order valence-corrected chi connectivity index (χ4v) is 6.24. The van der Waals surface area contributed by atoms with Gasteiger partial charge in [0.05, 0.1) is 10.6 Å². The van der Waals surface area contributed by atoms with E-state index >= 15 is 4.39 Å². The SMILES string of the molecule is CS(=O)(=O)c1ccccc1-c1ccc(NC(=O)C2(NC(=O)Nc3ccc(Cl)cc3)CCSC2)c(F)c1. The monoisotopic (exact) mass is 547 g/mol. The van der Waals surface area contributed by atoms with Crippen molar-refractivity contribution in [3.63, 3.8) is 0 Å². The molecule has 1 saturated heterocycles. The van der Waals surface area contributed by atoms with E-state index in [9.17, 15) is 18.0 Å². The van der Waals surface area contributed by atoms with E-state index in [1.54, 1.807) is 48.5 Å². The van der Waals surface area contributed by atoms with Crippen LogP contribution in [0.5, 0.6) is 0 Å². The highest BCUT2D eigenvalue weighted by Crippen LogP contribution is 2.32. The molecule has 3 amide bonds. The quantitative estimate of drug-likeness (QED) is 0.394. The van der Waals surface area contributed by atoms with Crippen molar-refractivity contribution in [2.24, 2.45) is 0 Å². The lowest BCUT2D eigenvalue weighted by molar-refractivity contribution is -0.121. The Morgan fingerprint density at radius 1 is 1.03 bits per heavy atom. The van der Waals surface area contributed by atoms with Crippen molar-refractivity contribution < 1.29 is 22.4 Å². The van der Waals surface area contributed by atoms with Gasteiger partial charge in [0.25, 0.3) is 5.91 Å². The molecule has 0 saturated carbocycles. The highest BCUT2D eigenvalue weighted by Gasteiger charge is 2.43. The van der Waals surface area contributed by atoms with Crippen LogP contribution in [0, 0.1) is 5.82 Å². The van der Waals surface area contributed by atoms with Gasteiger partial charge >= 0.3 is 6.03 Å². The second kappa shape index (κ2) is 10.5. The minimum absolute atomic E-state index is 0.0724. The number of carbonyl (C=O) groups excluding carboxylic acids is 2. The molecule has 3 aromatic rings. The first-order valence-corrected chi connectivity index (χ1v) is 14.3. The van der Waals surface area contributed by atoms with Crippen LogP contribution in [0.2, 0.25) is 5.02 Å². The summed E-state index contributed by atoms with van der Waals surface area (Å²) in [4.78, 5) is 25.9. The van der Waals surface area contributed by atoms with Crippen molar-refractivity contribution in [1.29, 1.82) is 0 Å². The van der Waals surface area contributed by atoms with Crippen LogP contribution in [0.15, 0.2) is 71.6 Å². The summed E-state index contributed by atoms with van der Waals surface area (Å²) in [6.07, 6.45) is 1.46. The molecular formula is C25H23ClFN3O4S2. The van der Waals surface area contributed by atoms with Crippen LogP contribution in [-0.2, 0) is 14.6 Å². The summed E-state index contributed by atoms with van der Waals surface area (Å²) in [5.74, 6) is -0.287. The van der Waals surface area contributed by atoms with E-state index in [1.165, 1.54) is 30.0 Å². The minimum atomic E-state index is -3.53. The lowest BCUT2D eigenvalue weighted by Crippen LogP contribution is -2.58. The molecule has 0 radical (unpaired) electrons. The number of thioether (sulfide) groups is 1. The van der Waals surface area contributed by atoms with Crippen LogP contribution in [0.4, 0.5) is 20.6 Å². The predicted octanol–water partition coefficient (Wildman–Crippen LogP) is 5.19. The number of halogens is 2. The number of benzene rings is 3. The van der Waals surface area contributed by atoms with Gasteiger partial charge in [-0.05, 0) is 60.2 Å². The lowest BCUT2D eigenvalue weighted by Gasteiger charge is -2.28. The number of sulfone groups is 1. The standard InChI is InChI=1S/C25H23ClFN3O4S2/c1-36(33,34)22-5-3-2-4-19(22)16-6-11-21(20(27)14-16)29-23(31)25(12-13-35-15-25)30-24(32)28-18-9-7-17(26)8-10-18/h2-11,14H,12-13,15H2,1H3,(H,29,31)(H2,28,30,32). The topological polar surface area (TPSA) is 104 Å². The Kier molecular flexibility index (Phi) is 7.58. The Bertz CT molecular complexity index is 1410. The first-order chi connectivity index (χ1) is 17.1. The van der Waals surface area contributed by atoms with Crippen molar-refractivity contribution >= 4 is 56.5 Å². The van der Waals surface area contributed by atoms with Gasteiger partial charge in [-0.2, -0.15) is 11.8 Å².